The van der Waals surface area contributed by atoms with Crippen LogP contribution in [-0.2, 0) is 0 Å². The monoisotopic (exact) mass is 340 g/mol. The van der Waals surface area contributed by atoms with Crippen molar-refractivity contribution < 1.29 is 23.0 Å². The van der Waals surface area contributed by atoms with E-state index >= 15 is 0 Å². The summed E-state index contributed by atoms with van der Waals surface area (Å²) in [7, 11) is 0. The van der Waals surface area contributed by atoms with Crippen molar-refractivity contribution in [3.63, 3.8) is 0 Å². The van der Waals surface area contributed by atoms with Gasteiger partial charge in [-0.2, -0.15) is 0 Å². The molecule has 0 aromatic heterocycles. The molecule has 0 unspecified atom stereocenters. The van der Waals surface area contributed by atoms with Crippen molar-refractivity contribution in [2.75, 3.05) is 6.61 Å². The molecule has 3 nitrogen and oxygen atoms in total. The van der Waals surface area contributed by atoms with Crippen molar-refractivity contribution in [1.29, 1.82) is 0 Å². The average Bonchev–Trinajstić information content (AvgIpc) is 2.61. The van der Waals surface area contributed by atoms with Gasteiger partial charge in [0.25, 0.3) is 0 Å². The number of benzene rings is 3. The Hall–Kier alpha value is -3.21. The number of halogens is 2. The Labute approximate surface area is 143 Å². The first-order valence-corrected chi connectivity index (χ1v) is 7.51. The summed E-state index contributed by atoms with van der Waals surface area (Å²) in [5, 5.41) is 1.34. The highest BCUT2D eigenvalue weighted by Crippen LogP contribution is 2.24. The minimum atomic E-state index is -0.710. The fraction of sp³-hybridized carbons (Fsp3) is 0.0500. The minimum Gasteiger partial charge on any atom is -0.489 e. The number of fused-ring (bicyclic) bond motifs is 1. The van der Waals surface area contributed by atoms with Crippen molar-refractivity contribution in [1.82, 2.24) is 0 Å². The van der Waals surface area contributed by atoms with Crippen molar-refractivity contribution >= 4 is 16.7 Å². The highest BCUT2D eigenvalue weighted by atomic mass is 19.1. The second-order valence-electron chi connectivity index (χ2n) is 5.29. The number of rotatable bonds is 5. The lowest BCUT2D eigenvalue weighted by molar-refractivity contribution is 0.0727. The molecule has 0 fully saturated rings. The predicted octanol–water partition coefficient (Wildman–Crippen LogP) is 4.90. The van der Waals surface area contributed by atoms with Crippen LogP contribution in [0, 0.1) is 11.6 Å². The molecule has 0 spiro atoms. The average molecular weight is 340 g/mol. The zero-order valence-electron chi connectivity index (χ0n) is 13.2. The van der Waals surface area contributed by atoms with Gasteiger partial charge in [-0.05, 0) is 47.2 Å². The SMILES string of the molecule is C=CCOc1ccc(OC(=O)c2ccc3cc(F)ccc3c2)c(F)c1. The van der Waals surface area contributed by atoms with Crippen LogP contribution in [-0.4, -0.2) is 12.6 Å². The Morgan fingerprint density at radius 2 is 1.76 bits per heavy atom. The fourth-order valence-corrected chi connectivity index (χ4v) is 2.31. The molecule has 0 aliphatic heterocycles. The molecule has 0 amide bonds. The van der Waals surface area contributed by atoms with Gasteiger partial charge in [0.15, 0.2) is 11.6 Å². The van der Waals surface area contributed by atoms with Gasteiger partial charge in [0.05, 0.1) is 5.56 Å². The van der Waals surface area contributed by atoms with Crippen LogP contribution in [0.5, 0.6) is 11.5 Å². The molecule has 0 heterocycles. The van der Waals surface area contributed by atoms with Crippen molar-refractivity contribution in [2.24, 2.45) is 0 Å². The van der Waals surface area contributed by atoms with E-state index in [4.69, 9.17) is 9.47 Å². The van der Waals surface area contributed by atoms with E-state index in [-0.39, 0.29) is 23.7 Å². The molecule has 0 N–H and O–H groups in total. The number of ether oxygens (including phenoxy) is 2. The van der Waals surface area contributed by atoms with Gasteiger partial charge in [-0.25, -0.2) is 13.6 Å². The van der Waals surface area contributed by atoms with Crippen LogP contribution in [0.3, 0.4) is 0 Å². The Morgan fingerprint density at radius 3 is 2.52 bits per heavy atom. The van der Waals surface area contributed by atoms with E-state index in [1.165, 1.54) is 36.4 Å². The number of carbonyl (C=O) groups excluding carboxylic acids is 1. The zero-order valence-corrected chi connectivity index (χ0v) is 13.2. The molecule has 0 bridgehead atoms. The summed E-state index contributed by atoms with van der Waals surface area (Å²) in [5.74, 6) is -1.66. The highest BCUT2D eigenvalue weighted by Gasteiger charge is 2.13. The molecule has 0 saturated heterocycles. The van der Waals surface area contributed by atoms with Gasteiger partial charge in [-0.3, -0.25) is 0 Å². The molecular formula is C20H14F2O3. The normalized spacial score (nSPS) is 10.5. The van der Waals surface area contributed by atoms with Gasteiger partial charge < -0.3 is 9.47 Å². The third-order valence-electron chi connectivity index (χ3n) is 3.51. The first-order chi connectivity index (χ1) is 12.1. The summed E-state index contributed by atoms with van der Waals surface area (Å²) in [6, 6.07) is 12.9. The van der Waals surface area contributed by atoms with E-state index in [9.17, 15) is 13.6 Å². The first kappa shape index (κ1) is 16.6. The molecule has 0 saturated carbocycles. The Bertz CT molecular complexity index is 951. The van der Waals surface area contributed by atoms with E-state index in [1.807, 2.05) is 0 Å². The topological polar surface area (TPSA) is 35.5 Å². The Morgan fingerprint density at radius 1 is 1.00 bits per heavy atom. The molecule has 0 aliphatic carbocycles. The van der Waals surface area contributed by atoms with E-state index in [1.54, 1.807) is 18.2 Å². The minimum absolute atomic E-state index is 0.199. The number of hydrogen-bond donors (Lipinski definition) is 0. The first-order valence-electron chi connectivity index (χ1n) is 7.51. The third kappa shape index (κ3) is 3.83. The number of esters is 1. The third-order valence-corrected chi connectivity index (χ3v) is 3.51. The van der Waals surface area contributed by atoms with Crippen molar-refractivity contribution in [3.05, 3.63) is 84.5 Å². The maximum atomic E-state index is 14.0. The molecular weight excluding hydrogens is 326 g/mol. The number of hydrogen-bond acceptors (Lipinski definition) is 3. The van der Waals surface area contributed by atoms with Crippen LogP contribution in [0.2, 0.25) is 0 Å². The molecule has 25 heavy (non-hydrogen) atoms. The van der Waals surface area contributed by atoms with Gasteiger partial charge in [-0.15, -0.1) is 0 Å². The van der Waals surface area contributed by atoms with Crippen LogP contribution in [0.1, 0.15) is 10.4 Å². The lowest BCUT2D eigenvalue weighted by Crippen LogP contribution is -2.09. The van der Waals surface area contributed by atoms with E-state index < -0.39 is 11.8 Å². The van der Waals surface area contributed by atoms with Crippen LogP contribution < -0.4 is 9.47 Å². The fourth-order valence-electron chi connectivity index (χ4n) is 2.31. The van der Waals surface area contributed by atoms with Crippen molar-refractivity contribution in [2.45, 2.75) is 0 Å². The van der Waals surface area contributed by atoms with Crippen molar-refractivity contribution in [3.8, 4) is 11.5 Å². The highest BCUT2D eigenvalue weighted by molar-refractivity contribution is 5.96. The van der Waals surface area contributed by atoms with E-state index in [2.05, 4.69) is 6.58 Å². The molecule has 3 aromatic rings. The molecule has 5 heteroatoms. The van der Waals surface area contributed by atoms with Crippen LogP contribution in [0.25, 0.3) is 10.8 Å². The quantitative estimate of drug-likeness (QED) is 0.376. The zero-order chi connectivity index (χ0) is 17.8. The van der Waals surface area contributed by atoms with Gasteiger partial charge >= 0.3 is 5.97 Å². The molecule has 3 rings (SSSR count). The maximum absolute atomic E-state index is 14.0. The molecule has 0 atom stereocenters. The molecule has 0 radical (unpaired) electrons. The van der Waals surface area contributed by atoms with Crippen LogP contribution in [0.4, 0.5) is 8.78 Å². The summed E-state index contributed by atoms with van der Waals surface area (Å²) in [6.07, 6.45) is 1.54. The smallest absolute Gasteiger partial charge is 0.343 e. The summed E-state index contributed by atoms with van der Waals surface area (Å²) in [5.41, 5.74) is 0.241. The largest absolute Gasteiger partial charge is 0.489 e. The van der Waals surface area contributed by atoms with Gasteiger partial charge in [0.1, 0.15) is 18.2 Å². The van der Waals surface area contributed by atoms with Crippen LogP contribution >= 0.6 is 0 Å². The number of carbonyl (C=O) groups is 1. The summed E-state index contributed by atoms with van der Waals surface area (Å²) >= 11 is 0. The lowest BCUT2D eigenvalue weighted by atomic mass is 10.1. The summed E-state index contributed by atoms with van der Waals surface area (Å²) in [4.78, 5) is 12.2. The maximum Gasteiger partial charge on any atom is 0.343 e. The molecule has 3 aromatic carbocycles. The van der Waals surface area contributed by atoms with E-state index in [0.717, 1.165) is 6.07 Å². The molecule has 126 valence electrons. The Balaban J connectivity index is 1.80. The van der Waals surface area contributed by atoms with Crippen LogP contribution in [0.15, 0.2) is 67.3 Å². The van der Waals surface area contributed by atoms with Gasteiger partial charge in [0, 0.05) is 6.07 Å². The lowest BCUT2D eigenvalue weighted by Gasteiger charge is -2.08. The Kier molecular flexibility index (Phi) is 4.75. The summed E-state index contributed by atoms with van der Waals surface area (Å²) < 4.78 is 37.5. The van der Waals surface area contributed by atoms with Gasteiger partial charge in [0.2, 0.25) is 0 Å². The standard InChI is InChI=1S/C20H14F2O3/c1-2-9-24-17-7-8-19(18(22)12-17)25-20(23)15-4-3-14-11-16(21)6-5-13(14)10-15/h2-8,10-12H,1,9H2. The second-order valence-corrected chi connectivity index (χ2v) is 5.29. The predicted molar refractivity (Wildman–Crippen MR) is 91.0 cm³/mol. The van der Waals surface area contributed by atoms with Gasteiger partial charge in [-0.1, -0.05) is 24.8 Å². The second kappa shape index (κ2) is 7.13. The summed E-state index contributed by atoms with van der Waals surface area (Å²) in [6.45, 7) is 3.75. The van der Waals surface area contributed by atoms with E-state index in [0.29, 0.717) is 16.5 Å². The molecule has 0 aliphatic rings.